The highest BCUT2D eigenvalue weighted by Gasteiger charge is 2.22. The first-order chi connectivity index (χ1) is 6.27. The van der Waals surface area contributed by atoms with E-state index in [0.29, 0.717) is 18.1 Å². The second-order valence-electron chi connectivity index (χ2n) is 4.11. The van der Waals surface area contributed by atoms with E-state index >= 15 is 0 Å². The summed E-state index contributed by atoms with van der Waals surface area (Å²) in [7, 11) is 0. The molecule has 0 aromatic heterocycles. The highest BCUT2D eigenvalue weighted by molar-refractivity contribution is 4.77. The van der Waals surface area contributed by atoms with Gasteiger partial charge in [0.25, 0.3) is 0 Å². The van der Waals surface area contributed by atoms with Crippen molar-refractivity contribution in [2.24, 2.45) is 11.7 Å². The molecule has 0 amide bonds. The average Bonchev–Trinajstić information content (AvgIpc) is 2.59. The third-order valence-electron chi connectivity index (χ3n) is 3.21. The fraction of sp³-hybridized carbons (Fsp3) is 1.00. The maximum absolute atomic E-state index is 6.14. The molecule has 0 spiro atoms. The maximum Gasteiger partial charge on any atom is 0.0590 e. The van der Waals surface area contributed by atoms with E-state index in [1.165, 1.54) is 25.7 Å². The third-order valence-corrected chi connectivity index (χ3v) is 3.21. The summed E-state index contributed by atoms with van der Waals surface area (Å²) in [5.74, 6) is 0.684. The predicted molar refractivity (Wildman–Crippen MR) is 55.6 cm³/mol. The van der Waals surface area contributed by atoms with Gasteiger partial charge in [-0.05, 0) is 25.2 Å². The summed E-state index contributed by atoms with van der Waals surface area (Å²) in [5, 5.41) is 0. The zero-order valence-corrected chi connectivity index (χ0v) is 8.96. The molecule has 0 aliphatic carbocycles. The van der Waals surface area contributed by atoms with Gasteiger partial charge in [0.1, 0.15) is 0 Å². The largest absolute Gasteiger partial charge is 0.378 e. The molecule has 0 aromatic rings. The molecule has 0 saturated carbocycles. The van der Waals surface area contributed by atoms with Gasteiger partial charge < -0.3 is 10.5 Å². The molecule has 2 unspecified atom stereocenters. The van der Waals surface area contributed by atoms with Crippen LogP contribution in [0.5, 0.6) is 0 Å². The first kappa shape index (κ1) is 11.0. The van der Waals surface area contributed by atoms with Crippen LogP contribution in [-0.2, 0) is 4.74 Å². The summed E-state index contributed by atoms with van der Waals surface area (Å²) in [6.07, 6.45) is 6.35. The van der Waals surface area contributed by atoms with Crippen molar-refractivity contribution in [2.75, 3.05) is 6.61 Å². The summed E-state index contributed by atoms with van der Waals surface area (Å²) in [6.45, 7) is 5.40. The van der Waals surface area contributed by atoms with Crippen LogP contribution in [0.2, 0.25) is 0 Å². The molecule has 78 valence electrons. The molecule has 1 saturated heterocycles. The molecule has 1 fully saturated rings. The summed E-state index contributed by atoms with van der Waals surface area (Å²) in [4.78, 5) is 0. The van der Waals surface area contributed by atoms with Crippen molar-refractivity contribution in [1.29, 1.82) is 0 Å². The molecule has 0 radical (unpaired) electrons. The van der Waals surface area contributed by atoms with Gasteiger partial charge in [0, 0.05) is 12.6 Å². The van der Waals surface area contributed by atoms with E-state index in [2.05, 4.69) is 13.8 Å². The molecule has 1 aliphatic rings. The van der Waals surface area contributed by atoms with Gasteiger partial charge >= 0.3 is 0 Å². The highest BCUT2D eigenvalue weighted by atomic mass is 16.5. The zero-order valence-electron chi connectivity index (χ0n) is 8.96. The smallest absolute Gasteiger partial charge is 0.0590 e. The van der Waals surface area contributed by atoms with Gasteiger partial charge in [-0.15, -0.1) is 0 Å². The van der Waals surface area contributed by atoms with Crippen molar-refractivity contribution < 1.29 is 4.74 Å². The second kappa shape index (κ2) is 5.61. The van der Waals surface area contributed by atoms with E-state index in [9.17, 15) is 0 Å². The Kier molecular flexibility index (Phi) is 4.74. The molecular weight excluding hydrogens is 162 g/mol. The topological polar surface area (TPSA) is 35.2 Å². The highest BCUT2D eigenvalue weighted by Crippen LogP contribution is 2.21. The van der Waals surface area contributed by atoms with Crippen LogP contribution in [-0.4, -0.2) is 18.8 Å². The molecule has 0 bridgehead atoms. The van der Waals surface area contributed by atoms with E-state index in [4.69, 9.17) is 10.5 Å². The number of hydrogen-bond donors (Lipinski definition) is 1. The molecule has 13 heavy (non-hydrogen) atoms. The molecule has 1 aliphatic heterocycles. The van der Waals surface area contributed by atoms with E-state index in [1.807, 2.05) is 0 Å². The van der Waals surface area contributed by atoms with Crippen molar-refractivity contribution >= 4 is 0 Å². The Bertz CT molecular complexity index is 128. The van der Waals surface area contributed by atoms with Crippen molar-refractivity contribution in [3.05, 3.63) is 0 Å². The van der Waals surface area contributed by atoms with Crippen molar-refractivity contribution in [3.8, 4) is 0 Å². The molecule has 1 heterocycles. The van der Waals surface area contributed by atoms with Crippen LogP contribution in [0.25, 0.3) is 0 Å². The molecule has 0 aromatic carbocycles. The van der Waals surface area contributed by atoms with E-state index in [-0.39, 0.29) is 0 Å². The summed E-state index contributed by atoms with van der Waals surface area (Å²) in [5.41, 5.74) is 6.14. The molecule has 2 N–H and O–H groups in total. The van der Waals surface area contributed by atoms with Crippen LogP contribution in [0.15, 0.2) is 0 Å². The monoisotopic (exact) mass is 185 g/mol. The Labute approximate surface area is 81.8 Å². The lowest BCUT2D eigenvalue weighted by atomic mass is 9.90. The van der Waals surface area contributed by atoms with Crippen LogP contribution in [0.3, 0.4) is 0 Å². The Hall–Kier alpha value is -0.0800. The van der Waals surface area contributed by atoms with Crippen LogP contribution >= 0.6 is 0 Å². The quantitative estimate of drug-likeness (QED) is 0.713. The van der Waals surface area contributed by atoms with Gasteiger partial charge in [-0.2, -0.15) is 0 Å². The van der Waals surface area contributed by atoms with Crippen LogP contribution in [0, 0.1) is 5.92 Å². The minimum Gasteiger partial charge on any atom is -0.378 e. The van der Waals surface area contributed by atoms with Gasteiger partial charge in [-0.25, -0.2) is 0 Å². The molecule has 2 atom stereocenters. The van der Waals surface area contributed by atoms with Gasteiger partial charge in [0.15, 0.2) is 0 Å². The average molecular weight is 185 g/mol. The van der Waals surface area contributed by atoms with E-state index in [0.717, 1.165) is 13.0 Å². The van der Waals surface area contributed by atoms with Gasteiger partial charge in [-0.1, -0.05) is 26.7 Å². The molecular formula is C11H23NO. The standard InChI is InChI=1S/C11H23NO/c1-3-9(4-2)11(12)8-10-6-5-7-13-10/h9-11H,3-8,12H2,1-2H3. The minimum absolute atomic E-state index is 0.345. The van der Waals surface area contributed by atoms with Crippen LogP contribution < -0.4 is 5.73 Å². The number of ether oxygens (including phenoxy) is 1. The predicted octanol–water partition coefficient (Wildman–Crippen LogP) is 2.32. The minimum atomic E-state index is 0.345. The Morgan fingerprint density at radius 1 is 1.38 bits per heavy atom. The van der Waals surface area contributed by atoms with E-state index < -0.39 is 0 Å². The van der Waals surface area contributed by atoms with Gasteiger partial charge in [-0.3, -0.25) is 0 Å². The first-order valence-corrected chi connectivity index (χ1v) is 5.65. The molecule has 2 nitrogen and oxygen atoms in total. The number of rotatable bonds is 5. The summed E-state index contributed by atoms with van der Waals surface area (Å²) in [6, 6.07) is 0.345. The zero-order chi connectivity index (χ0) is 9.68. The lowest BCUT2D eigenvalue weighted by Crippen LogP contribution is -2.33. The summed E-state index contributed by atoms with van der Waals surface area (Å²) >= 11 is 0. The van der Waals surface area contributed by atoms with Gasteiger partial charge in [0.05, 0.1) is 6.10 Å². The normalized spacial score (nSPS) is 25.4. The Balaban J connectivity index is 2.25. The van der Waals surface area contributed by atoms with E-state index in [1.54, 1.807) is 0 Å². The molecule has 2 heteroatoms. The fourth-order valence-electron chi connectivity index (χ4n) is 2.22. The van der Waals surface area contributed by atoms with Crippen molar-refractivity contribution in [1.82, 2.24) is 0 Å². The maximum atomic E-state index is 6.14. The van der Waals surface area contributed by atoms with Crippen molar-refractivity contribution in [2.45, 2.75) is 58.1 Å². The first-order valence-electron chi connectivity index (χ1n) is 5.65. The Morgan fingerprint density at radius 2 is 2.08 bits per heavy atom. The second-order valence-corrected chi connectivity index (χ2v) is 4.11. The fourth-order valence-corrected chi connectivity index (χ4v) is 2.22. The molecule has 1 rings (SSSR count). The van der Waals surface area contributed by atoms with Crippen LogP contribution in [0.4, 0.5) is 0 Å². The number of nitrogens with two attached hydrogens (primary N) is 1. The summed E-state index contributed by atoms with van der Waals surface area (Å²) < 4.78 is 5.58. The van der Waals surface area contributed by atoms with Crippen LogP contribution in [0.1, 0.15) is 46.0 Å². The Morgan fingerprint density at radius 3 is 2.54 bits per heavy atom. The third kappa shape index (κ3) is 3.28. The SMILES string of the molecule is CCC(CC)C(N)CC1CCCO1. The van der Waals surface area contributed by atoms with Crippen molar-refractivity contribution in [3.63, 3.8) is 0 Å². The van der Waals surface area contributed by atoms with Gasteiger partial charge in [0.2, 0.25) is 0 Å². The lowest BCUT2D eigenvalue weighted by molar-refractivity contribution is 0.0915. The lowest BCUT2D eigenvalue weighted by Gasteiger charge is -2.23. The number of hydrogen-bond acceptors (Lipinski definition) is 2.